The Morgan fingerprint density at radius 3 is 2.36 bits per heavy atom. The van der Waals surface area contributed by atoms with Crippen molar-refractivity contribution in [3.8, 4) is 0 Å². The highest BCUT2D eigenvalue weighted by Crippen LogP contribution is 2.62. The molecule has 4 aliphatic carbocycles. The van der Waals surface area contributed by atoms with E-state index in [1.165, 1.54) is 44.1 Å². The van der Waals surface area contributed by atoms with Crippen molar-refractivity contribution in [2.75, 3.05) is 6.54 Å². The number of amides is 1. The van der Waals surface area contributed by atoms with Crippen molar-refractivity contribution in [2.45, 2.75) is 51.6 Å². The van der Waals surface area contributed by atoms with E-state index < -0.39 is 6.10 Å². The molecule has 0 aliphatic heterocycles. The van der Waals surface area contributed by atoms with Crippen LogP contribution in [0, 0.1) is 23.2 Å². The Morgan fingerprint density at radius 1 is 1.24 bits per heavy atom. The van der Waals surface area contributed by atoms with E-state index in [0.717, 1.165) is 23.3 Å². The van der Waals surface area contributed by atoms with Gasteiger partial charge in [-0.15, -0.1) is 0 Å². The van der Waals surface area contributed by atoms with Crippen molar-refractivity contribution >= 4 is 5.91 Å². The molecule has 1 atom stereocenters. The first kappa shape index (κ1) is 16.8. The van der Waals surface area contributed by atoms with Crippen molar-refractivity contribution in [3.63, 3.8) is 0 Å². The summed E-state index contributed by atoms with van der Waals surface area (Å²) < 4.78 is 0. The summed E-state index contributed by atoms with van der Waals surface area (Å²) in [6.07, 6.45) is 12.5. The second-order valence-electron chi connectivity index (χ2n) is 8.57. The molecule has 1 unspecified atom stereocenters. The number of carbonyl (C=O) groups excluding carboxylic acids is 1. The van der Waals surface area contributed by atoms with Gasteiger partial charge in [0.25, 0.3) is 0 Å². The summed E-state index contributed by atoms with van der Waals surface area (Å²) in [6.45, 7) is 2.37. The van der Waals surface area contributed by atoms with E-state index in [1.54, 1.807) is 30.6 Å². The van der Waals surface area contributed by atoms with Crippen LogP contribution in [0.5, 0.6) is 0 Å². The average molecular weight is 340 g/mol. The molecule has 4 saturated carbocycles. The van der Waals surface area contributed by atoms with E-state index in [-0.39, 0.29) is 17.9 Å². The third-order valence-corrected chi connectivity index (χ3v) is 6.78. The standard InChI is InChI=1S/C21H28N2O2/c1-14(21-10-15-7-16(11-21)9-17(8-15)12-21)6-20(25)23-13-19(24)18-2-4-22-5-3-18/h2-6,15-17,19,24H,7-13H2,1H3,(H,23,25)/b14-6+. The van der Waals surface area contributed by atoms with Gasteiger partial charge in [-0.2, -0.15) is 0 Å². The van der Waals surface area contributed by atoms with E-state index in [2.05, 4.69) is 17.2 Å². The van der Waals surface area contributed by atoms with Gasteiger partial charge in [0.05, 0.1) is 6.10 Å². The van der Waals surface area contributed by atoms with Gasteiger partial charge in [0, 0.05) is 25.0 Å². The Hall–Kier alpha value is -1.68. The van der Waals surface area contributed by atoms with E-state index in [1.807, 2.05) is 0 Å². The van der Waals surface area contributed by atoms with Crippen LogP contribution in [0.25, 0.3) is 0 Å². The van der Waals surface area contributed by atoms with Gasteiger partial charge in [-0.3, -0.25) is 9.78 Å². The fraction of sp³-hybridized carbons (Fsp3) is 0.619. The maximum absolute atomic E-state index is 12.4. The number of hydrogen-bond acceptors (Lipinski definition) is 3. The van der Waals surface area contributed by atoms with Crippen LogP contribution in [0.2, 0.25) is 0 Å². The first-order valence-corrected chi connectivity index (χ1v) is 9.59. The Morgan fingerprint density at radius 2 is 1.80 bits per heavy atom. The smallest absolute Gasteiger partial charge is 0.244 e. The Labute approximate surface area is 149 Å². The molecular formula is C21H28N2O2. The molecule has 134 valence electrons. The lowest BCUT2D eigenvalue weighted by molar-refractivity contribution is -0.117. The number of aliphatic hydroxyl groups is 1. The van der Waals surface area contributed by atoms with Crippen LogP contribution in [0.15, 0.2) is 36.2 Å². The minimum Gasteiger partial charge on any atom is -0.387 e. The lowest BCUT2D eigenvalue weighted by Gasteiger charge is -2.57. The normalized spacial score (nSPS) is 34.8. The predicted octanol–water partition coefficient (Wildman–Crippen LogP) is 3.39. The van der Waals surface area contributed by atoms with Gasteiger partial charge in [-0.1, -0.05) is 5.57 Å². The van der Waals surface area contributed by atoms with E-state index >= 15 is 0 Å². The molecule has 4 heteroatoms. The Balaban J connectivity index is 1.38. The predicted molar refractivity (Wildman–Crippen MR) is 96.6 cm³/mol. The van der Waals surface area contributed by atoms with Crippen molar-refractivity contribution in [2.24, 2.45) is 23.2 Å². The number of nitrogens with one attached hydrogen (secondary N) is 1. The van der Waals surface area contributed by atoms with Gasteiger partial charge in [0.1, 0.15) is 0 Å². The number of aromatic nitrogens is 1. The van der Waals surface area contributed by atoms with Gasteiger partial charge in [-0.25, -0.2) is 0 Å². The fourth-order valence-electron chi connectivity index (χ4n) is 5.90. The van der Waals surface area contributed by atoms with Crippen LogP contribution in [0.1, 0.15) is 57.1 Å². The number of hydrogen-bond donors (Lipinski definition) is 2. The number of aliphatic hydroxyl groups excluding tert-OH is 1. The molecule has 1 amide bonds. The molecule has 1 aromatic rings. The maximum Gasteiger partial charge on any atom is 0.244 e. The Kier molecular flexibility index (Phi) is 4.40. The highest BCUT2D eigenvalue weighted by molar-refractivity contribution is 5.88. The van der Waals surface area contributed by atoms with Gasteiger partial charge >= 0.3 is 0 Å². The number of rotatable bonds is 5. The number of nitrogens with zero attached hydrogens (tertiary/aromatic N) is 1. The molecule has 2 N–H and O–H groups in total. The molecule has 5 rings (SSSR count). The molecule has 4 aliphatic rings. The van der Waals surface area contributed by atoms with Crippen molar-refractivity contribution in [1.82, 2.24) is 10.3 Å². The fourth-order valence-corrected chi connectivity index (χ4v) is 5.90. The van der Waals surface area contributed by atoms with Crippen LogP contribution in [-0.2, 0) is 4.79 Å². The summed E-state index contributed by atoms with van der Waals surface area (Å²) in [5.41, 5.74) is 2.30. The van der Waals surface area contributed by atoms with Gasteiger partial charge in [-0.05, 0) is 86.3 Å². The van der Waals surface area contributed by atoms with Gasteiger partial charge < -0.3 is 10.4 Å². The first-order chi connectivity index (χ1) is 12.0. The van der Waals surface area contributed by atoms with E-state index in [9.17, 15) is 9.90 Å². The van der Waals surface area contributed by atoms with Crippen molar-refractivity contribution in [3.05, 3.63) is 41.7 Å². The summed E-state index contributed by atoms with van der Waals surface area (Å²) in [4.78, 5) is 16.3. The molecular weight excluding hydrogens is 312 g/mol. The molecule has 4 fully saturated rings. The topological polar surface area (TPSA) is 62.2 Å². The van der Waals surface area contributed by atoms with Crippen molar-refractivity contribution in [1.29, 1.82) is 0 Å². The molecule has 4 bridgehead atoms. The molecule has 0 aromatic carbocycles. The average Bonchev–Trinajstić information content (AvgIpc) is 2.59. The van der Waals surface area contributed by atoms with Crippen molar-refractivity contribution < 1.29 is 9.90 Å². The summed E-state index contributed by atoms with van der Waals surface area (Å²) in [5, 5.41) is 13.0. The van der Waals surface area contributed by atoms with Crippen LogP contribution in [0.3, 0.4) is 0 Å². The molecule has 1 heterocycles. The third kappa shape index (κ3) is 3.37. The minimum absolute atomic E-state index is 0.0821. The summed E-state index contributed by atoms with van der Waals surface area (Å²) in [5.74, 6) is 2.56. The largest absolute Gasteiger partial charge is 0.387 e. The highest BCUT2D eigenvalue weighted by Gasteiger charge is 2.51. The van der Waals surface area contributed by atoms with Crippen LogP contribution >= 0.6 is 0 Å². The van der Waals surface area contributed by atoms with Crippen LogP contribution in [0.4, 0.5) is 0 Å². The van der Waals surface area contributed by atoms with E-state index in [4.69, 9.17) is 0 Å². The first-order valence-electron chi connectivity index (χ1n) is 9.59. The highest BCUT2D eigenvalue weighted by atomic mass is 16.3. The molecule has 25 heavy (non-hydrogen) atoms. The summed E-state index contributed by atoms with van der Waals surface area (Å²) in [6, 6.07) is 3.54. The Bertz CT molecular complexity index is 632. The van der Waals surface area contributed by atoms with Gasteiger partial charge in [0.15, 0.2) is 0 Å². The maximum atomic E-state index is 12.4. The van der Waals surface area contributed by atoms with Crippen LogP contribution in [-0.4, -0.2) is 22.5 Å². The SMILES string of the molecule is C/C(=C\C(=O)NCC(O)c1ccncc1)C12CC3CC(CC(C3)C1)C2. The third-order valence-electron chi connectivity index (χ3n) is 6.78. The molecule has 0 saturated heterocycles. The van der Waals surface area contributed by atoms with Gasteiger partial charge in [0.2, 0.25) is 5.91 Å². The lowest BCUT2D eigenvalue weighted by Crippen LogP contribution is -2.46. The summed E-state index contributed by atoms with van der Waals surface area (Å²) >= 11 is 0. The zero-order valence-electron chi connectivity index (χ0n) is 14.9. The number of allylic oxidation sites excluding steroid dienone is 1. The quantitative estimate of drug-likeness (QED) is 0.808. The minimum atomic E-state index is -0.694. The second-order valence-corrected chi connectivity index (χ2v) is 8.57. The molecule has 4 nitrogen and oxygen atoms in total. The summed E-state index contributed by atoms with van der Waals surface area (Å²) in [7, 11) is 0. The molecule has 0 radical (unpaired) electrons. The zero-order valence-corrected chi connectivity index (χ0v) is 14.9. The lowest BCUT2D eigenvalue weighted by atomic mass is 9.48. The monoisotopic (exact) mass is 340 g/mol. The number of carbonyl (C=O) groups is 1. The van der Waals surface area contributed by atoms with Crippen LogP contribution < -0.4 is 5.32 Å². The molecule has 1 aromatic heterocycles. The zero-order chi connectivity index (χ0) is 17.4. The molecule has 0 spiro atoms. The number of pyridine rings is 1. The second kappa shape index (κ2) is 6.56. The van der Waals surface area contributed by atoms with E-state index in [0.29, 0.717) is 0 Å².